The largest absolute Gasteiger partial charge is 0.454 e. The lowest BCUT2D eigenvalue weighted by Gasteiger charge is -2.23. The van der Waals surface area contributed by atoms with Gasteiger partial charge in [-0.3, -0.25) is 4.79 Å². The number of rotatable bonds is 4. The van der Waals surface area contributed by atoms with Gasteiger partial charge in [0.15, 0.2) is 12.4 Å². The number of ketones is 1. The highest BCUT2D eigenvalue weighted by molar-refractivity contribution is 6.33. The van der Waals surface area contributed by atoms with Crippen LogP contribution in [0.3, 0.4) is 0 Å². The first-order chi connectivity index (χ1) is 12.3. The molecule has 2 aromatic carbocycles. The Balaban J connectivity index is 1.74. The third kappa shape index (κ3) is 3.25. The van der Waals surface area contributed by atoms with E-state index in [0.29, 0.717) is 5.02 Å². The van der Waals surface area contributed by atoms with Gasteiger partial charge < -0.3 is 9.64 Å². The van der Waals surface area contributed by atoms with Crippen LogP contribution in [-0.4, -0.2) is 25.4 Å². The Bertz CT molecular complexity index is 902. The number of fused-ring (bicyclic) bond motifs is 1. The van der Waals surface area contributed by atoms with Crippen LogP contribution in [-0.2, 0) is 14.9 Å². The van der Waals surface area contributed by atoms with Crippen LogP contribution < -0.4 is 4.90 Å². The fraction of sp³-hybridized carbons (Fsp3) is 0.238. The Hall–Kier alpha value is -2.59. The molecule has 0 atom stereocenters. The highest BCUT2D eigenvalue weighted by Crippen LogP contribution is 2.46. The summed E-state index contributed by atoms with van der Waals surface area (Å²) < 4.78 is 5.13. The number of hydrogen-bond acceptors (Lipinski definition) is 4. The number of anilines is 1. The van der Waals surface area contributed by atoms with E-state index in [1.807, 2.05) is 30.1 Å². The van der Waals surface area contributed by atoms with Crippen molar-refractivity contribution in [1.82, 2.24) is 0 Å². The second kappa shape index (κ2) is 6.96. The monoisotopic (exact) mass is 369 g/mol. The first-order valence-corrected chi connectivity index (χ1v) is 8.70. The third-order valence-corrected chi connectivity index (χ3v) is 5.01. The first kappa shape index (κ1) is 18.2. The Morgan fingerprint density at radius 3 is 2.46 bits per heavy atom. The molecule has 5 heteroatoms. The molecule has 0 N–H and O–H groups in total. The number of likely N-dealkylation sites (N-methyl/N-ethyl adjacent to an activating group) is 1. The van der Waals surface area contributed by atoms with Crippen molar-refractivity contribution in [2.24, 2.45) is 0 Å². The Morgan fingerprint density at radius 2 is 1.77 bits per heavy atom. The smallest absolute Gasteiger partial charge is 0.340 e. The molecule has 0 spiro atoms. The van der Waals surface area contributed by atoms with Crippen LogP contribution in [0, 0.1) is 0 Å². The van der Waals surface area contributed by atoms with Gasteiger partial charge in [0.05, 0.1) is 10.6 Å². The molecule has 0 saturated heterocycles. The molecule has 0 radical (unpaired) electrons. The zero-order valence-corrected chi connectivity index (χ0v) is 15.7. The van der Waals surface area contributed by atoms with Crippen LogP contribution in [0.5, 0.6) is 0 Å². The van der Waals surface area contributed by atoms with Gasteiger partial charge in [0.1, 0.15) is 0 Å². The third-order valence-electron chi connectivity index (χ3n) is 4.68. The number of hydrogen-bond donors (Lipinski definition) is 0. The van der Waals surface area contributed by atoms with Crippen molar-refractivity contribution >= 4 is 29.0 Å². The second-order valence-electron chi connectivity index (χ2n) is 6.75. The van der Waals surface area contributed by atoms with E-state index in [0.717, 1.165) is 16.9 Å². The van der Waals surface area contributed by atoms with Crippen molar-refractivity contribution < 1.29 is 14.3 Å². The molecular formula is C21H20ClNO3. The number of ether oxygens (including phenoxy) is 1. The average molecular weight is 370 g/mol. The Kier molecular flexibility index (Phi) is 4.88. The molecule has 4 nitrogen and oxygen atoms in total. The second-order valence-corrected chi connectivity index (χ2v) is 7.16. The predicted octanol–water partition coefficient (Wildman–Crippen LogP) is 4.38. The molecule has 0 aliphatic carbocycles. The van der Waals surface area contributed by atoms with Gasteiger partial charge in [-0.1, -0.05) is 55.8 Å². The van der Waals surface area contributed by atoms with Gasteiger partial charge in [-0.05, 0) is 23.8 Å². The number of carbonyl (C=O) groups excluding carboxylic acids is 2. The highest BCUT2D eigenvalue weighted by Gasteiger charge is 2.38. The molecule has 2 aromatic rings. The SMILES string of the molecule is CN1/C(=C\C(=O)COC(=O)c2ccccc2Cl)C(C)(C)c2ccccc21. The molecule has 0 unspecified atom stereocenters. The fourth-order valence-electron chi connectivity index (χ4n) is 3.29. The molecule has 1 aliphatic heterocycles. The molecule has 0 saturated carbocycles. The maximum absolute atomic E-state index is 12.4. The van der Waals surface area contributed by atoms with Crippen LogP contribution >= 0.6 is 11.6 Å². The first-order valence-electron chi connectivity index (χ1n) is 8.32. The summed E-state index contributed by atoms with van der Waals surface area (Å²) in [4.78, 5) is 26.5. The molecule has 26 heavy (non-hydrogen) atoms. The van der Waals surface area contributed by atoms with E-state index in [-0.39, 0.29) is 23.4 Å². The zero-order valence-electron chi connectivity index (χ0n) is 15.0. The van der Waals surface area contributed by atoms with Crippen molar-refractivity contribution in [1.29, 1.82) is 0 Å². The quantitative estimate of drug-likeness (QED) is 0.592. The van der Waals surface area contributed by atoms with Crippen LogP contribution in [0.25, 0.3) is 0 Å². The summed E-state index contributed by atoms with van der Waals surface area (Å²) in [5.41, 5.74) is 3.06. The molecule has 0 aromatic heterocycles. The maximum atomic E-state index is 12.4. The lowest BCUT2D eigenvalue weighted by molar-refractivity contribution is -0.117. The van der Waals surface area contributed by atoms with Crippen LogP contribution in [0.2, 0.25) is 5.02 Å². The number of allylic oxidation sites excluding steroid dienone is 1. The van der Waals surface area contributed by atoms with Gasteiger partial charge >= 0.3 is 5.97 Å². The predicted molar refractivity (Wildman–Crippen MR) is 103 cm³/mol. The normalized spacial score (nSPS) is 16.5. The summed E-state index contributed by atoms with van der Waals surface area (Å²) in [6, 6.07) is 14.7. The number of carbonyl (C=O) groups is 2. The topological polar surface area (TPSA) is 46.6 Å². The van der Waals surface area contributed by atoms with Crippen molar-refractivity contribution in [2.75, 3.05) is 18.6 Å². The van der Waals surface area contributed by atoms with Gasteiger partial charge in [-0.25, -0.2) is 4.79 Å². The number of para-hydroxylation sites is 1. The Morgan fingerprint density at radius 1 is 1.12 bits per heavy atom. The molecule has 1 heterocycles. The van der Waals surface area contributed by atoms with E-state index in [9.17, 15) is 9.59 Å². The lowest BCUT2D eigenvalue weighted by atomic mass is 9.83. The molecule has 0 bridgehead atoms. The van der Waals surface area contributed by atoms with Crippen molar-refractivity contribution in [3.8, 4) is 0 Å². The number of halogens is 1. The van der Waals surface area contributed by atoms with Gasteiger partial charge in [0, 0.05) is 29.9 Å². The summed E-state index contributed by atoms with van der Waals surface area (Å²) >= 11 is 5.98. The maximum Gasteiger partial charge on any atom is 0.340 e. The molecular weight excluding hydrogens is 350 g/mol. The molecule has 3 rings (SSSR count). The van der Waals surface area contributed by atoms with Gasteiger partial charge in [-0.15, -0.1) is 0 Å². The van der Waals surface area contributed by atoms with Gasteiger partial charge in [-0.2, -0.15) is 0 Å². The van der Waals surface area contributed by atoms with Crippen molar-refractivity contribution in [3.05, 3.63) is 76.5 Å². The number of esters is 1. The van der Waals surface area contributed by atoms with Crippen molar-refractivity contribution in [2.45, 2.75) is 19.3 Å². The summed E-state index contributed by atoms with van der Waals surface area (Å²) in [6.45, 7) is 3.82. The van der Waals surface area contributed by atoms with Crippen LogP contribution in [0.15, 0.2) is 60.3 Å². The van der Waals surface area contributed by atoms with E-state index in [2.05, 4.69) is 19.9 Å². The standard InChI is InChI=1S/C21H20ClNO3/c1-21(2)16-9-5-7-11-18(16)23(3)19(21)12-14(24)13-26-20(25)15-8-4-6-10-17(15)22/h4-12H,13H2,1-3H3/b19-12-. The van der Waals surface area contributed by atoms with E-state index in [4.69, 9.17) is 16.3 Å². The van der Waals surface area contributed by atoms with Crippen LogP contribution in [0.4, 0.5) is 5.69 Å². The van der Waals surface area contributed by atoms with E-state index in [1.165, 1.54) is 0 Å². The molecule has 0 amide bonds. The van der Waals surface area contributed by atoms with E-state index >= 15 is 0 Å². The van der Waals surface area contributed by atoms with Crippen molar-refractivity contribution in [3.63, 3.8) is 0 Å². The summed E-state index contributed by atoms with van der Waals surface area (Å²) in [5, 5.41) is 0.301. The fourth-order valence-corrected chi connectivity index (χ4v) is 3.51. The minimum Gasteiger partial charge on any atom is -0.454 e. The molecule has 134 valence electrons. The lowest BCUT2D eigenvalue weighted by Crippen LogP contribution is -2.25. The minimum atomic E-state index is -0.607. The van der Waals surface area contributed by atoms with E-state index in [1.54, 1.807) is 30.3 Å². The van der Waals surface area contributed by atoms with Crippen LogP contribution in [0.1, 0.15) is 29.8 Å². The summed E-state index contributed by atoms with van der Waals surface area (Å²) in [5.74, 6) is -0.877. The summed E-state index contributed by atoms with van der Waals surface area (Å²) in [6.07, 6.45) is 1.56. The molecule has 0 fully saturated rings. The van der Waals surface area contributed by atoms with Gasteiger partial charge in [0.25, 0.3) is 0 Å². The number of benzene rings is 2. The van der Waals surface area contributed by atoms with E-state index < -0.39 is 5.97 Å². The highest BCUT2D eigenvalue weighted by atomic mass is 35.5. The molecule has 1 aliphatic rings. The zero-order chi connectivity index (χ0) is 18.9. The Labute approximate surface area is 158 Å². The average Bonchev–Trinajstić information content (AvgIpc) is 2.81. The summed E-state index contributed by atoms with van der Waals surface area (Å²) in [7, 11) is 1.93. The number of nitrogens with zero attached hydrogens (tertiary/aromatic N) is 1. The van der Waals surface area contributed by atoms with Gasteiger partial charge in [0.2, 0.25) is 0 Å². The minimum absolute atomic E-state index is 0.250.